The highest BCUT2D eigenvalue weighted by atomic mass is 32.1. The molecule has 1 aliphatic heterocycles. The molecule has 1 fully saturated rings. The van der Waals surface area contributed by atoms with Gasteiger partial charge in [-0.2, -0.15) is 0 Å². The van der Waals surface area contributed by atoms with Crippen molar-refractivity contribution >= 4 is 28.3 Å². The van der Waals surface area contributed by atoms with Gasteiger partial charge in [-0.05, 0) is 34.1 Å². The van der Waals surface area contributed by atoms with Gasteiger partial charge in [-0.15, -0.1) is 0 Å². The van der Waals surface area contributed by atoms with Gasteiger partial charge >= 0.3 is 6.09 Å². The third-order valence-electron chi connectivity index (χ3n) is 5.26. The van der Waals surface area contributed by atoms with Crippen molar-refractivity contribution < 1.29 is 14.3 Å². The number of nitrogens with zero attached hydrogens (tertiary/aromatic N) is 4. The molecule has 8 heteroatoms. The van der Waals surface area contributed by atoms with Gasteiger partial charge in [0.1, 0.15) is 10.5 Å². The molecule has 0 radical (unpaired) electrons. The maximum absolute atomic E-state index is 13.3. The largest absolute Gasteiger partial charge is 0.444 e. The van der Waals surface area contributed by atoms with E-state index >= 15 is 0 Å². The molecule has 2 amide bonds. The quantitative estimate of drug-likeness (QED) is 0.590. The van der Waals surface area contributed by atoms with Crippen LogP contribution in [0.3, 0.4) is 0 Å². The summed E-state index contributed by atoms with van der Waals surface area (Å²) in [5, 5.41) is 0. The van der Waals surface area contributed by atoms with E-state index in [1.807, 2.05) is 73.5 Å². The molecule has 164 valence electrons. The molecule has 0 saturated carbocycles. The zero-order valence-electron chi connectivity index (χ0n) is 18.4. The molecule has 0 spiro atoms. The van der Waals surface area contributed by atoms with Gasteiger partial charge in [-0.3, -0.25) is 9.20 Å². The first-order chi connectivity index (χ1) is 14.7. The van der Waals surface area contributed by atoms with Crippen molar-refractivity contribution in [3.8, 4) is 11.3 Å². The normalized spacial score (nSPS) is 15.2. The fraction of sp³-hybridized carbons (Fsp3) is 0.435. The van der Waals surface area contributed by atoms with Gasteiger partial charge in [-0.1, -0.05) is 41.7 Å². The molecule has 0 bridgehead atoms. The Bertz CT molecular complexity index is 1100. The highest BCUT2D eigenvalue weighted by Crippen LogP contribution is 2.28. The molecular formula is C23H28N4O3S. The number of thiazole rings is 1. The molecule has 1 aliphatic rings. The van der Waals surface area contributed by atoms with Gasteiger partial charge in [-0.25, -0.2) is 9.78 Å². The first-order valence-electron chi connectivity index (χ1n) is 10.5. The Morgan fingerprint density at radius 2 is 1.71 bits per heavy atom. The van der Waals surface area contributed by atoms with Crippen molar-refractivity contribution in [2.24, 2.45) is 0 Å². The lowest BCUT2D eigenvalue weighted by Crippen LogP contribution is -2.40. The summed E-state index contributed by atoms with van der Waals surface area (Å²) in [5.41, 5.74) is 2.32. The third-order valence-corrected chi connectivity index (χ3v) is 6.40. The maximum atomic E-state index is 13.3. The molecular weight excluding hydrogens is 412 g/mol. The Hall–Kier alpha value is -2.87. The van der Waals surface area contributed by atoms with Crippen LogP contribution in [-0.2, 0) is 4.74 Å². The first-order valence-corrected chi connectivity index (χ1v) is 11.4. The van der Waals surface area contributed by atoms with E-state index in [9.17, 15) is 9.59 Å². The van der Waals surface area contributed by atoms with Crippen LogP contribution in [-0.4, -0.2) is 63.0 Å². The number of amides is 2. The number of fused-ring (bicyclic) bond motifs is 1. The third kappa shape index (κ3) is 4.58. The van der Waals surface area contributed by atoms with Crippen LogP contribution in [0, 0.1) is 6.92 Å². The van der Waals surface area contributed by atoms with Gasteiger partial charge in [0.2, 0.25) is 0 Å². The second-order valence-electron chi connectivity index (χ2n) is 8.77. The summed E-state index contributed by atoms with van der Waals surface area (Å²) in [6, 6.07) is 10.0. The fourth-order valence-corrected chi connectivity index (χ4v) is 4.75. The summed E-state index contributed by atoms with van der Waals surface area (Å²) in [5.74, 6) is 0.000278. The Morgan fingerprint density at radius 3 is 2.39 bits per heavy atom. The molecule has 0 N–H and O–H groups in total. The van der Waals surface area contributed by atoms with Crippen molar-refractivity contribution in [1.29, 1.82) is 0 Å². The standard InChI is InChI=1S/C23H28N4O3S/c1-16-19(31-21-24-18(15-27(16)21)17-9-6-5-7-10-17)20(28)25-11-8-12-26(14-13-25)22(29)30-23(2,3)4/h5-7,9-10,15H,8,11-14H2,1-4H3. The predicted octanol–water partition coefficient (Wildman–Crippen LogP) is 4.45. The van der Waals surface area contributed by atoms with Gasteiger partial charge < -0.3 is 14.5 Å². The number of benzene rings is 1. The highest BCUT2D eigenvalue weighted by Gasteiger charge is 2.28. The average Bonchev–Trinajstić information content (AvgIpc) is 3.15. The number of aromatic nitrogens is 2. The topological polar surface area (TPSA) is 67.2 Å². The number of ether oxygens (including phenoxy) is 1. The average molecular weight is 441 g/mol. The van der Waals surface area contributed by atoms with E-state index in [4.69, 9.17) is 9.72 Å². The van der Waals surface area contributed by atoms with E-state index in [1.54, 1.807) is 4.90 Å². The summed E-state index contributed by atoms with van der Waals surface area (Å²) < 4.78 is 7.47. The molecule has 2 aromatic heterocycles. The second-order valence-corrected chi connectivity index (χ2v) is 9.75. The SMILES string of the molecule is Cc1c(C(=O)N2CCCN(C(=O)OC(C)(C)C)CC2)sc2nc(-c3ccccc3)cn12. The molecule has 3 heterocycles. The van der Waals surface area contributed by atoms with E-state index in [1.165, 1.54) is 11.3 Å². The lowest BCUT2D eigenvalue weighted by Gasteiger charge is -2.26. The van der Waals surface area contributed by atoms with Crippen molar-refractivity contribution in [2.45, 2.75) is 39.7 Å². The smallest absolute Gasteiger partial charge is 0.410 e. The van der Waals surface area contributed by atoms with Crippen molar-refractivity contribution in [2.75, 3.05) is 26.2 Å². The zero-order chi connectivity index (χ0) is 22.2. The van der Waals surface area contributed by atoms with Gasteiger partial charge in [0.15, 0.2) is 4.96 Å². The Balaban J connectivity index is 1.48. The van der Waals surface area contributed by atoms with Crippen molar-refractivity contribution in [3.05, 3.63) is 47.1 Å². The lowest BCUT2D eigenvalue weighted by molar-refractivity contribution is 0.0255. The van der Waals surface area contributed by atoms with Gasteiger partial charge in [0.05, 0.1) is 5.69 Å². The Kier molecular flexibility index (Phi) is 5.75. The molecule has 7 nitrogen and oxygen atoms in total. The maximum Gasteiger partial charge on any atom is 0.410 e. The van der Waals surface area contributed by atoms with Crippen LogP contribution in [0.15, 0.2) is 36.5 Å². The number of aryl methyl sites for hydroxylation is 1. The van der Waals surface area contributed by atoms with Crippen LogP contribution in [0.4, 0.5) is 4.79 Å². The first kappa shape index (κ1) is 21.4. The van der Waals surface area contributed by atoms with E-state index in [2.05, 4.69) is 0 Å². The Labute approximate surface area is 186 Å². The van der Waals surface area contributed by atoms with Crippen LogP contribution in [0.25, 0.3) is 16.2 Å². The summed E-state index contributed by atoms with van der Waals surface area (Å²) in [7, 11) is 0. The van der Waals surface area contributed by atoms with E-state index < -0.39 is 5.60 Å². The van der Waals surface area contributed by atoms with Crippen LogP contribution < -0.4 is 0 Å². The van der Waals surface area contributed by atoms with Gasteiger partial charge in [0, 0.05) is 43.6 Å². The minimum Gasteiger partial charge on any atom is -0.444 e. The fourth-order valence-electron chi connectivity index (χ4n) is 3.67. The summed E-state index contributed by atoms with van der Waals surface area (Å²) in [6.07, 6.45) is 2.39. The van der Waals surface area contributed by atoms with Crippen LogP contribution in [0.1, 0.15) is 42.6 Å². The van der Waals surface area contributed by atoms with E-state index in [-0.39, 0.29) is 12.0 Å². The molecule has 31 heavy (non-hydrogen) atoms. The molecule has 0 atom stereocenters. The highest BCUT2D eigenvalue weighted by molar-refractivity contribution is 7.19. The molecule has 1 saturated heterocycles. The molecule has 0 unspecified atom stereocenters. The predicted molar refractivity (Wildman–Crippen MR) is 122 cm³/mol. The number of hydrogen-bond acceptors (Lipinski definition) is 5. The second kappa shape index (κ2) is 8.34. The summed E-state index contributed by atoms with van der Waals surface area (Å²) in [4.78, 5) is 35.4. The van der Waals surface area contributed by atoms with Crippen LogP contribution in [0.5, 0.6) is 0 Å². The number of hydrogen-bond donors (Lipinski definition) is 0. The number of rotatable bonds is 2. The summed E-state index contributed by atoms with van der Waals surface area (Å²) in [6.45, 7) is 9.71. The van der Waals surface area contributed by atoms with E-state index in [0.29, 0.717) is 31.1 Å². The Morgan fingerprint density at radius 1 is 1.03 bits per heavy atom. The number of imidazole rings is 1. The number of carbonyl (C=O) groups excluding carboxylic acids is 2. The summed E-state index contributed by atoms with van der Waals surface area (Å²) >= 11 is 1.42. The number of carbonyl (C=O) groups is 2. The van der Waals surface area contributed by atoms with Crippen LogP contribution >= 0.6 is 11.3 Å². The van der Waals surface area contributed by atoms with Crippen LogP contribution in [0.2, 0.25) is 0 Å². The monoisotopic (exact) mass is 440 g/mol. The molecule has 4 rings (SSSR count). The molecule has 0 aliphatic carbocycles. The van der Waals surface area contributed by atoms with E-state index in [0.717, 1.165) is 28.3 Å². The van der Waals surface area contributed by atoms with Gasteiger partial charge in [0.25, 0.3) is 5.91 Å². The molecule has 3 aromatic rings. The lowest BCUT2D eigenvalue weighted by atomic mass is 10.2. The minimum atomic E-state index is -0.527. The minimum absolute atomic E-state index is 0.000278. The van der Waals surface area contributed by atoms with Crippen molar-refractivity contribution in [1.82, 2.24) is 19.2 Å². The van der Waals surface area contributed by atoms with Crippen molar-refractivity contribution in [3.63, 3.8) is 0 Å². The zero-order valence-corrected chi connectivity index (χ0v) is 19.2. The molecule has 1 aromatic carbocycles.